The van der Waals surface area contributed by atoms with E-state index in [1.54, 1.807) is 23.8 Å². The Bertz CT molecular complexity index is 3990. The minimum Gasteiger partial charge on any atom is -0.481 e. The Kier molecular flexibility index (Phi) is 74.8. The van der Waals surface area contributed by atoms with Crippen LogP contribution in [0.25, 0.3) is 0 Å². The van der Waals surface area contributed by atoms with Gasteiger partial charge in [-0.25, -0.2) is 4.79 Å². The van der Waals surface area contributed by atoms with Crippen LogP contribution >= 0.6 is 11.8 Å². The molecule has 0 radical (unpaired) electrons. The normalized spacial score (nSPS) is 18.9. The van der Waals surface area contributed by atoms with Gasteiger partial charge in [-0.3, -0.25) is 72.0 Å². The second-order valence-corrected chi connectivity index (χ2v) is 40.0. The molecular weight excluding hydrogens is 1980 g/mol. The summed E-state index contributed by atoms with van der Waals surface area (Å²) in [6.07, 6.45) is 4.64. The summed E-state index contributed by atoms with van der Waals surface area (Å²) in [7, 11) is 14.1. The predicted octanol–water partition coefficient (Wildman–Crippen LogP) is 6.68. The summed E-state index contributed by atoms with van der Waals surface area (Å²) in [5.41, 5.74) is 0.802. The second-order valence-electron chi connectivity index (χ2n) is 38.7. The summed E-state index contributed by atoms with van der Waals surface area (Å²) in [5, 5.41) is 67.1. The molecule has 11 N–H and O–H groups in total. The molecule has 43 nitrogen and oxygen atoms in total. The van der Waals surface area contributed by atoms with Gasteiger partial charge in [-0.2, -0.15) is 0 Å². The number of ketones is 3. The third-order valence-corrected chi connectivity index (χ3v) is 27.8. The number of likely N-dealkylation sites (tertiary alicyclic amines) is 1. The molecule has 0 bridgehead atoms. The summed E-state index contributed by atoms with van der Waals surface area (Å²) < 4.78 is 74.1. The van der Waals surface area contributed by atoms with E-state index in [4.69, 9.17) is 86.7 Å². The van der Waals surface area contributed by atoms with Gasteiger partial charge in [-0.15, -0.1) is 11.8 Å². The van der Waals surface area contributed by atoms with Crippen LogP contribution in [-0.2, 0) is 145 Å². The fourth-order valence-electron chi connectivity index (χ4n) is 17.3. The molecule has 4 rings (SSSR count). The number of hydrogen-bond donors (Lipinski definition) is 11. The topological polar surface area (TPSA) is 577 Å². The molecule has 1 heterocycles. The maximum absolute atomic E-state index is 14.5. The lowest BCUT2D eigenvalue weighted by atomic mass is 9.76. The number of hydrogen-bond acceptors (Lipinski definition) is 36. The number of carbonyl (C=O) groups excluding carboxylic acids is 14. The van der Waals surface area contributed by atoms with E-state index < -0.39 is 145 Å². The van der Waals surface area contributed by atoms with Gasteiger partial charge < -0.3 is 133 Å². The van der Waals surface area contributed by atoms with Crippen molar-refractivity contribution in [2.45, 2.75) is 360 Å². The third-order valence-electron chi connectivity index (χ3n) is 26.6. The maximum Gasteiger partial charge on any atom is 0.328 e. The van der Waals surface area contributed by atoms with E-state index in [1.165, 1.54) is 61.3 Å². The average Bonchev–Trinajstić information content (AvgIpc) is 1.65. The number of rotatable bonds is 74. The first kappa shape index (κ1) is 140. The van der Waals surface area contributed by atoms with Gasteiger partial charge in [0.25, 0.3) is 0 Å². The molecule has 2 aliphatic carbocycles. The quantitative estimate of drug-likeness (QED) is 0.0106. The van der Waals surface area contributed by atoms with Crippen LogP contribution in [0.5, 0.6) is 0 Å². The highest BCUT2D eigenvalue weighted by atomic mass is 32.2. The highest BCUT2D eigenvalue weighted by Gasteiger charge is 2.46. The van der Waals surface area contributed by atoms with Crippen molar-refractivity contribution >= 4 is 100 Å². The van der Waals surface area contributed by atoms with Crippen molar-refractivity contribution in [2.24, 2.45) is 41.4 Å². The largest absolute Gasteiger partial charge is 0.481 e. The molecule has 150 heavy (non-hydrogen) atoms. The number of likely N-dealkylation sites (N-methyl/N-ethyl adjacent to an activating group) is 2. The van der Waals surface area contributed by atoms with Crippen LogP contribution in [-0.4, -0.2) is 386 Å². The number of amides is 7. The molecule has 2 saturated carbocycles. The van der Waals surface area contributed by atoms with Crippen molar-refractivity contribution in [1.82, 2.24) is 41.3 Å². The number of nitrogens with one attached hydrogen (secondary N) is 5. The lowest BCUT2D eigenvalue weighted by Crippen LogP contribution is -2.59. The van der Waals surface area contributed by atoms with Gasteiger partial charge in [0.05, 0.1) is 118 Å². The van der Waals surface area contributed by atoms with Crippen LogP contribution in [0.1, 0.15) is 256 Å². The molecule has 0 aromatic heterocycles. The molecule has 3 fully saturated rings. The van der Waals surface area contributed by atoms with Crippen molar-refractivity contribution in [1.29, 1.82) is 0 Å². The highest BCUT2D eigenvalue weighted by Crippen LogP contribution is 2.39. The first-order valence-corrected chi connectivity index (χ1v) is 54.1. The number of benzene rings is 1. The van der Waals surface area contributed by atoms with Crippen LogP contribution in [0.15, 0.2) is 30.3 Å². The highest BCUT2D eigenvalue weighted by molar-refractivity contribution is 8.00. The van der Waals surface area contributed by atoms with Crippen LogP contribution in [0, 0.1) is 41.4 Å². The first-order valence-electron chi connectivity index (χ1n) is 53.0. The smallest absolute Gasteiger partial charge is 0.328 e. The van der Waals surface area contributed by atoms with Crippen LogP contribution in [0.3, 0.4) is 0 Å². The fourth-order valence-corrected chi connectivity index (χ4v) is 18.4. The van der Waals surface area contributed by atoms with Crippen molar-refractivity contribution in [3.8, 4) is 0 Å². The van der Waals surface area contributed by atoms with Gasteiger partial charge in [0.1, 0.15) is 49.5 Å². The van der Waals surface area contributed by atoms with Crippen molar-refractivity contribution in [3.63, 3.8) is 0 Å². The van der Waals surface area contributed by atoms with E-state index in [9.17, 15) is 82.1 Å². The number of methoxy groups -OCH3 is 6. The zero-order chi connectivity index (χ0) is 113. The summed E-state index contributed by atoms with van der Waals surface area (Å²) in [6, 6.07) is 4.97. The zero-order valence-corrected chi connectivity index (χ0v) is 93.9. The number of esters is 4. The van der Waals surface area contributed by atoms with E-state index in [2.05, 4.69) is 26.6 Å². The minimum absolute atomic E-state index is 0.00492. The Labute approximate surface area is 892 Å². The Morgan fingerprint density at radius 3 is 1.46 bits per heavy atom. The number of thioether (sulfide) groups is 1. The van der Waals surface area contributed by atoms with Gasteiger partial charge in [-0.05, 0) is 147 Å². The second kappa shape index (κ2) is 80.4. The Balaban J connectivity index is 0.00000130. The number of Topliss-reactive ketones (excluding diaryl/α,β-unsaturated/α-hetero) is 3. The van der Waals surface area contributed by atoms with E-state index in [-0.39, 0.29) is 219 Å². The number of aliphatic hydroxyl groups excluding tert-OH is 5. The molecule has 44 heteroatoms. The average molecular weight is 2160 g/mol. The van der Waals surface area contributed by atoms with Crippen LogP contribution in [0.4, 0.5) is 0 Å². The predicted molar refractivity (Wildman–Crippen MR) is 558 cm³/mol. The van der Waals surface area contributed by atoms with E-state index in [0.29, 0.717) is 94.8 Å². The Hall–Kier alpha value is -8.42. The number of aliphatic hydroxyl groups is 5. The molecule has 1 aromatic rings. The number of nitrogens with zero attached hydrogens (tertiary/aromatic N) is 3. The lowest BCUT2D eigenvalue weighted by Gasteiger charge is -2.41. The molecule has 11 unspecified atom stereocenters. The third kappa shape index (κ3) is 54.6. The molecule has 20 atom stereocenters. The fraction of sp³-hybridized carbons (Fsp3) is 0.802. The van der Waals surface area contributed by atoms with Crippen molar-refractivity contribution in [2.75, 3.05) is 149 Å². The van der Waals surface area contributed by atoms with Crippen LogP contribution < -0.4 is 26.6 Å². The summed E-state index contributed by atoms with van der Waals surface area (Å²) in [4.78, 5) is 196. The van der Waals surface area contributed by atoms with Crippen molar-refractivity contribution < 1.29 is 169 Å². The molecule has 7 amide bonds. The van der Waals surface area contributed by atoms with Gasteiger partial charge in [0, 0.05) is 139 Å². The molecule has 864 valence electrons. The van der Waals surface area contributed by atoms with Gasteiger partial charge >= 0.3 is 29.8 Å². The first-order chi connectivity index (χ1) is 71.4. The minimum atomic E-state index is -1.000. The van der Waals surface area contributed by atoms with E-state index in [1.807, 2.05) is 125 Å². The number of ether oxygens (including phenoxy) is 14. The molecule has 1 aromatic carbocycles. The Morgan fingerprint density at radius 1 is 0.520 bits per heavy atom. The van der Waals surface area contributed by atoms with Gasteiger partial charge in [0.15, 0.2) is 30.9 Å². The Morgan fingerprint density at radius 2 is 1.02 bits per heavy atom. The molecule has 1 saturated heterocycles. The van der Waals surface area contributed by atoms with Crippen LogP contribution in [0.2, 0.25) is 0 Å². The van der Waals surface area contributed by atoms with Gasteiger partial charge in [-0.1, -0.05) is 120 Å². The molecule has 0 spiro atoms. The van der Waals surface area contributed by atoms with Gasteiger partial charge in [0.2, 0.25) is 41.4 Å². The van der Waals surface area contributed by atoms with E-state index >= 15 is 0 Å². The summed E-state index contributed by atoms with van der Waals surface area (Å²) in [6.45, 7) is 24.0. The number of carboxylic acid groups (broad SMARTS) is 1. The number of aliphatic carboxylic acids is 1. The lowest BCUT2D eigenvalue weighted by molar-refractivity contribution is -0.194. The number of carbonyl (C=O) groups is 15. The standard InChI is InChI=1S/C58H99N7O15.C29H47NO9S.C12H22O7.C7H16O4/c1-16-38(7)52(64(12)57(73)50(36(3)4)62-56(72)51(37(5)6)63(10)11)45(75-13)33-47(68)65-30-22-26-44(65)53(77-15)39(8)54(70)61-43(32-41-24-19-18-20-25-41)55(71)59-29-23-31-78-58(74)40(9)60-46(67)27-21-28-48(69)79-35-49(76-14)80-42(17-2)34-66;1-4-21(17-31)39-28(37-3)18-38-27(35)8-6-7-26(34)30-13-14-40-25-16-24(33)22(29(25)36)15-19-9-11-20(12-10-19)23(32)5-2;1-3-9(7-13)19-12(17-2)8-18-11(16)6-4-5-10(14)15;1-3-6(4-8)11-7(5-9)10-2/h18-20,24-25,36-40,42-45,49-53,66H,16-17,21-23,26-35H2,1-15H3,(H,59,71)(H,60,67)(H,61,70)(H,62,72);19-22,25,28,31H,4-18H2,1-3H3,(H,30,34);9,12-13H,3-8H2,1-2H3,(H,14,15);6-9H,3-5H2,1-2H3/t38-,39+,40?,42?,43-,44-,45+,49?,50-,51-,52-,53+;;;/m0.../s1. The number of carboxylic acids is 1. The summed E-state index contributed by atoms with van der Waals surface area (Å²) >= 11 is 1.42. The SMILES string of the molecule is CCC(=O)C1CCC(CC2C(=O)CC(SCCNC(=O)CCCC(=O)OCC(OC)OC(CC)CO)C2=O)CC1.CCC(CO)OC(CO)OC.CCC(CO)OC(COC(=O)CCCC(=O)NC(C)C(=O)OCCCNC(=O)[C@H](Cc1ccccc1)NC(=O)[C@H](C)[C@@H](OC)[C@@H]1CCCN1C(=O)C[C@@H](OC)[C@H]([C@@H](C)CC)N(C)C(=O)[C@@H](NC(=O)[C@H](C(C)C)N(C)C)C(C)C)OC.CCC(CO)OC(COC(=O)CCCC(=O)O)OC. The molecular formula is C106H184N8O35S. The maximum atomic E-state index is 14.5. The van der Waals surface area contributed by atoms with Crippen molar-refractivity contribution in [3.05, 3.63) is 35.9 Å². The van der Waals surface area contributed by atoms with E-state index in [0.717, 1.165) is 31.2 Å². The monoisotopic (exact) mass is 2160 g/mol. The molecule has 1 aliphatic heterocycles. The zero-order valence-electron chi connectivity index (χ0n) is 93.1. The molecule has 3 aliphatic rings. The summed E-state index contributed by atoms with van der Waals surface area (Å²) in [5.74, 6) is -5.75.